The second-order valence-corrected chi connectivity index (χ2v) is 2.75. The average molecular weight is 152 g/mol. The maximum atomic E-state index is 10.4. The molecule has 2 nitrogen and oxygen atoms in total. The Bertz CT molecular complexity index is 204. The highest BCUT2D eigenvalue weighted by Gasteiger charge is 2.09. The summed E-state index contributed by atoms with van der Waals surface area (Å²) in [5.74, 6) is 0.178. The van der Waals surface area contributed by atoms with E-state index in [-0.39, 0.29) is 12.0 Å². The molecule has 0 saturated heterocycles. The minimum Gasteiger partial charge on any atom is -0.494 e. The van der Waals surface area contributed by atoms with E-state index >= 15 is 0 Å². The molecule has 1 aliphatic heterocycles. The summed E-state index contributed by atoms with van der Waals surface area (Å²) in [6.45, 7) is 3.91. The van der Waals surface area contributed by atoms with Gasteiger partial charge in [-0.05, 0) is 13.0 Å². The van der Waals surface area contributed by atoms with E-state index in [1.807, 2.05) is 26.0 Å². The lowest BCUT2D eigenvalue weighted by atomic mass is 10.0. The summed E-state index contributed by atoms with van der Waals surface area (Å²) < 4.78 is 5.20. The highest BCUT2D eigenvalue weighted by Crippen LogP contribution is 2.14. The molecule has 0 fully saturated rings. The van der Waals surface area contributed by atoms with Crippen molar-refractivity contribution in [3.05, 3.63) is 24.0 Å². The van der Waals surface area contributed by atoms with Gasteiger partial charge in [-0.25, -0.2) is 0 Å². The fraction of sp³-hybridized carbons (Fsp3) is 0.444. The molecule has 2 atom stereocenters. The van der Waals surface area contributed by atoms with Gasteiger partial charge in [-0.2, -0.15) is 0 Å². The summed E-state index contributed by atoms with van der Waals surface area (Å²) in [7, 11) is 0. The minimum absolute atomic E-state index is 0.0786. The Kier molecular flexibility index (Phi) is 2.47. The van der Waals surface area contributed by atoms with E-state index in [0.29, 0.717) is 5.57 Å². The molecule has 0 aliphatic carbocycles. The van der Waals surface area contributed by atoms with Gasteiger partial charge in [0.05, 0.1) is 6.26 Å². The van der Waals surface area contributed by atoms with Crippen LogP contribution in [0.2, 0.25) is 0 Å². The van der Waals surface area contributed by atoms with Crippen LogP contribution in [0.5, 0.6) is 0 Å². The summed E-state index contributed by atoms with van der Waals surface area (Å²) >= 11 is 0. The van der Waals surface area contributed by atoms with Gasteiger partial charge in [0.25, 0.3) is 0 Å². The summed E-state index contributed by atoms with van der Waals surface area (Å²) in [6.07, 6.45) is 6.40. The SMILES string of the molecule is CC1C=C[C@@H](C)OC=C1C=O. The summed E-state index contributed by atoms with van der Waals surface area (Å²) in [6, 6.07) is 0. The van der Waals surface area contributed by atoms with Crippen LogP contribution in [0.25, 0.3) is 0 Å². The van der Waals surface area contributed by atoms with Crippen LogP contribution in [0.3, 0.4) is 0 Å². The maximum absolute atomic E-state index is 10.4. The van der Waals surface area contributed by atoms with E-state index in [4.69, 9.17) is 4.74 Å². The number of aldehydes is 1. The van der Waals surface area contributed by atoms with Crippen molar-refractivity contribution in [2.24, 2.45) is 5.92 Å². The summed E-state index contributed by atoms with van der Waals surface area (Å²) in [5, 5.41) is 0. The second-order valence-electron chi connectivity index (χ2n) is 2.75. The van der Waals surface area contributed by atoms with Crippen LogP contribution in [0, 0.1) is 5.92 Å². The molecule has 0 aromatic rings. The second kappa shape index (κ2) is 3.37. The van der Waals surface area contributed by atoms with Crippen LogP contribution in [0.1, 0.15) is 13.8 Å². The van der Waals surface area contributed by atoms with E-state index in [1.165, 1.54) is 0 Å². The van der Waals surface area contributed by atoms with E-state index in [9.17, 15) is 4.79 Å². The zero-order chi connectivity index (χ0) is 8.27. The van der Waals surface area contributed by atoms with Gasteiger partial charge >= 0.3 is 0 Å². The van der Waals surface area contributed by atoms with E-state index in [0.717, 1.165) is 6.29 Å². The number of hydrogen-bond acceptors (Lipinski definition) is 2. The highest BCUT2D eigenvalue weighted by molar-refractivity contribution is 5.74. The van der Waals surface area contributed by atoms with Crippen LogP contribution >= 0.6 is 0 Å². The predicted octanol–water partition coefficient (Wildman–Crippen LogP) is 1.68. The fourth-order valence-electron chi connectivity index (χ4n) is 0.908. The van der Waals surface area contributed by atoms with Gasteiger partial charge < -0.3 is 4.74 Å². The standard InChI is InChI=1S/C9H12O2/c1-7-3-4-8(2)11-6-9(7)5-10/h3-8H,1-2H3/t7?,8-/m1/s1. The van der Waals surface area contributed by atoms with Crippen molar-refractivity contribution in [1.29, 1.82) is 0 Å². The van der Waals surface area contributed by atoms with Crippen LogP contribution < -0.4 is 0 Å². The molecular weight excluding hydrogens is 140 g/mol. The quantitative estimate of drug-likeness (QED) is 0.422. The molecular formula is C9H12O2. The highest BCUT2D eigenvalue weighted by atomic mass is 16.5. The van der Waals surface area contributed by atoms with Crippen LogP contribution in [-0.2, 0) is 9.53 Å². The van der Waals surface area contributed by atoms with Crippen LogP contribution in [-0.4, -0.2) is 12.4 Å². The molecule has 0 amide bonds. The van der Waals surface area contributed by atoms with Gasteiger partial charge in [-0.3, -0.25) is 4.79 Å². The molecule has 0 radical (unpaired) electrons. The lowest BCUT2D eigenvalue weighted by Crippen LogP contribution is -1.97. The van der Waals surface area contributed by atoms with Crippen molar-refractivity contribution < 1.29 is 9.53 Å². The lowest BCUT2D eigenvalue weighted by molar-refractivity contribution is -0.105. The molecule has 1 unspecified atom stereocenters. The van der Waals surface area contributed by atoms with Gasteiger partial charge in [-0.1, -0.05) is 13.0 Å². The Morgan fingerprint density at radius 2 is 2.18 bits per heavy atom. The topological polar surface area (TPSA) is 26.3 Å². The maximum Gasteiger partial charge on any atom is 0.149 e. The first kappa shape index (κ1) is 8.05. The van der Waals surface area contributed by atoms with Crippen molar-refractivity contribution in [3.8, 4) is 0 Å². The molecule has 0 N–H and O–H groups in total. The Balaban J connectivity index is 2.79. The number of rotatable bonds is 1. The average Bonchev–Trinajstić information content (AvgIpc) is 2.15. The van der Waals surface area contributed by atoms with E-state index in [1.54, 1.807) is 6.26 Å². The molecule has 11 heavy (non-hydrogen) atoms. The van der Waals surface area contributed by atoms with Gasteiger partial charge in [0.15, 0.2) is 0 Å². The first-order valence-corrected chi connectivity index (χ1v) is 3.73. The Morgan fingerprint density at radius 1 is 1.45 bits per heavy atom. The van der Waals surface area contributed by atoms with Crippen LogP contribution in [0.4, 0.5) is 0 Å². The first-order valence-electron chi connectivity index (χ1n) is 3.73. The molecule has 1 rings (SSSR count). The van der Waals surface area contributed by atoms with Gasteiger partial charge in [0.1, 0.15) is 12.4 Å². The van der Waals surface area contributed by atoms with Crippen molar-refractivity contribution >= 4 is 6.29 Å². The predicted molar refractivity (Wildman–Crippen MR) is 43.0 cm³/mol. The molecule has 60 valence electrons. The Morgan fingerprint density at radius 3 is 2.82 bits per heavy atom. The van der Waals surface area contributed by atoms with Crippen molar-refractivity contribution in [1.82, 2.24) is 0 Å². The molecule has 0 aromatic heterocycles. The smallest absolute Gasteiger partial charge is 0.149 e. The monoisotopic (exact) mass is 152 g/mol. The van der Waals surface area contributed by atoms with Gasteiger partial charge in [-0.15, -0.1) is 0 Å². The summed E-state index contributed by atoms with van der Waals surface area (Å²) in [4.78, 5) is 10.4. The van der Waals surface area contributed by atoms with Crippen LogP contribution in [0.15, 0.2) is 24.0 Å². The molecule has 2 heteroatoms. The molecule has 0 saturated carbocycles. The summed E-state index contributed by atoms with van der Waals surface area (Å²) in [5.41, 5.74) is 0.700. The largest absolute Gasteiger partial charge is 0.494 e. The van der Waals surface area contributed by atoms with E-state index in [2.05, 4.69) is 0 Å². The number of carbonyl (C=O) groups is 1. The molecule has 0 bridgehead atoms. The third-order valence-electron chi connectivity index (χ3n) is 1.75. The van der Waals surface area contributed by atoms with Gasteiger partial charge in [0, 0.05) is 11.5 Å². The van der Waals surface area contributed by atoms with Gasteiger partial charge in [0.2, 0.25) is 0 Å². The molecule has 0 aromatic carbocycles. The van der Waals surface area contributed by atoms with Crippen molar-refractivity contribution in [2.75, 3.05) is 0 Å². The Labute approximate surface area is 66.5 Å². The zero-order valence-corrected chi connectivity index (χ0v) is 6.78. The normalized spacial score (nSPS) is 30.2. The third-order valence-corrected chi connectivity index (χ3v) is 1.75. The van der Waals surface area contributed by atoms with E-state index < -0.39 is 0 Å². The minimum atomic E-state index is 0.0786. The molecule has 1 heterocycles. The first-order chi connectivity index (χ1) is 5.24. The fourth-order valence-corrected chi connectivity index (χ4v) is 0.908. The zero-order valence-electron chi connectivity index (χ0n) is 6.78. The lowest BCUT2D eigenvalue weighted by Gasteiger charge is -2.03. The number of hydrogen-bond donors (Lipinski definition) is 0. The number of allylic oxidation sites excluding steroid dienone is 2. The number of ether oxygens (including phenoxy) is 1. The van der Waals surface area contributed by atoms with Crippen molar-refractivity contribution in [3.63, 3.8) is 0 Å². The Hall–Kier alpha value is -1.05. The third kappa shape index (κ3) is 1.93. The molecule has 1 aliphatic rings. The number of carbonyl (C=O) groups excluding carboxylic acids is 1. The molecule has 0 spiro atoms. The van der Waals surface area contributed by atoms with Crippen molar-refractivity contribution in [2.45, 2.75) is 20.0 Å².